The van der Waals surface area contributed by atoms with Crippen molar-refractivity contribution in [1.29, 1.82) is 0 Å². The molecule has 1 aromatic heterocycles. The van der Waals surface area contributed by atoms with Crippen molar-refractivity contribution in [3.05, 3.63) is 34.4 Å². The zero-order chi connectivity index (χ0) is 10.8. The molecule has 78 valence electrons. The van der Waals surface area contributed by atoms with Crippen molar-refractivity contribution in [2.24, 2.45) is 7.05 Å². The first-order chi connectivity index (χ1) is 7.22. The molecule has 0 saturated heterocycles. The van der Waals surface area contributed by atoms with E-state index in [1.165, 1.54) is 0 Å². The molecule has 1 heterocycles. The molecule has 0 atom stereocenters. The molecule has 0 bridgehead atoms. The molecule has 0 unspecified atom stereocenters. The maximum absolute atomic E-state index is 9.13. The number of hydrogen-bond donors (Lipinski definition) is 1. The van der Waals surface area contributed by atoms with Gasteiger partial charge in [0, 0.05) is 17.1 Å². The van der Waals surface area contributed by atoms with Crippen LogP contribution in [0, 0.1) is 0 Å². The third kappa shape index (κ3) is 1.93. The molecule has 0 aliphatic heterocycles. The molecule has 0 aliphatic carbocycles. The molecule has 0 saturated carbocycles. The molecule has 15 heavy (non-hydrogen) atoms. The maximum Gasteiger partial charge on any atom is 0.116 e. The Morgan fingerprint density at radius 2 is 2.27 bits per heavy atom. The van der Waals surface area contributed by atoms with Crippen molar-refractivity contribution in [1.82, 2.24) is 15.0 Å². The van der Waals surface area contributed by atoms with Gasteiger partial charge in [-0.1, -0.05) is 33.3 Å². The molecule has 2 aromatic rings. The van der Waals surface area contributed by atoms with E-state index >= 15 is 0 Å². The van der Waals surface area contributed by atoms with Crippen LogP contribution >= 0.6 is 15.9 Å². The first-order valence-corrected chi connectivity index (χ1v) is 5.27. The fraction of sp³-hybridized carbons (Fsp3) is 0.200. The van der Waals surface area contributed by atoms with E-state index in [1.54, 1.807) is 4.68 Å². The minimum absolute atomic E-state index is 0.102. The summed E-state index contributed by atoms with van der Waals surface area (Å²) in [7, 11) is 1.81. The van der Waals surface area contributed by atoms with Crippen LogP contribution in [0.25, 0.3) is 11.3 Å². The van der Waals surface area contributed by atoms with Crippen LogP contribution in [0.5, 0.6) is 0 Å². The number of aryl methyl sites for hydroxylation is 1. The van der Waals surface area contributed by atoms with Crippen LogP contribution in [0.3, 0.4) is 0 Å². The molecule has 0 radical (unpaired) electrons. The largest absolute Gasteiger partial charge is 0.390 e. The van der Waals surface area contributed by atoms with Crippen molar-refractivity contribution >= 4 is 15.9 Å². The van der Waals surface area contributed by atoms with E-state index in [9.17, 15) is 0 Å². The Balaban J connectivity index is 2.57. The van der Waals surface area contributed by atoms with Crippen molar-refractivity contribution in [3.63, 3.8) is 0 Å². The van der Waals surface area contributed by atoms with Crippen molar-refractivity contribution in [2.45, 2.75) is 6.61 Å². The summed E-state index contributed by atoms with van der Waals surface area (Å²) >= 11 is 3.41. The van der Waals surface area contributed by atoms with Gasteiger partial charge in [0.2, 0.25) is 0 Å². The summed E-state index contributed by atoms with van der Waals surface area (Å²) in [4.78, 5) is 0. The Bertz CT molecular complexity index is 481. The number of rotatable bonds is 2. The van der Waals surface area contributed by atoms with Crippen LogP contribution in [0.2, 0.25) is 0 Å². The molecule has 0 fully saturated rings. The van der Waals surface area contributed by atoms with E-state index in [0.717, 1.165) is 15.7 Å². The van der Waals surface area contributed by atoms with Gasteiger partial charge in [-0.3, -0.25) is 0 Å². The van der Waals surface area contributed by atoms with Gasteiger partial charge in [0.05, 0.1) is 12.3 Å². The van der Waals surface area contributed by atoms with Crippen molar-refractivity contribution in [2.75, 3.05) is 0 Å². The standard InChI is InChI=1S/C10H10BrN3O/c1-14-10(9(6-15)12-13-14)7-3-2-4-8(11)5-7/h2-5,15H,6H2,1H3. The number of aliphatic hydroxyl groups is 1. The number of halogens is 1. The Labute approximate surface area is 95.7 Å². The topological polar surface area (TPSA) is 50.9 Å². The molecule has 1 N–H and O–H groups in total. The summed E-state index contributed by atoms with van der Waals surface area (Å²) in [5.41, 5.74) is 2.43. The lowest BCUT2D eigenvalue weighted by Crippen LogP contribution is -1.95. The van der Waals surface area contributed by atoms with Gasteiger partial charge in [-0.2, -0.15) is 0 Å². The van der Waals surface area contributed by atoms with Crippen LogP contribution in [-0.2, 0) is 13.7 Å². The van der Waals surface area contributed by atoms with Crippen LogP contribution in [0.15, 0.2) is 28.7 Å². The highest BCUT2D eigenvalue weighted by Crippen LogP contribution is 2.24. The van der Waals surface area contributed by atoms with Crippen LogP contribution in [0.4, 0.5) is 0 Å². The minimum Gasteiger partial charge on any atom is -0.390 e. The molecule has 0 aliphatic rings. The SMILES string of the molecule is Cn1nnc(CO)c1-c1cccc(Br)c1. The molecule has 2 rings (SSSR count). The van der Waals surface area contributed by atoms with Gasteiger partial charge >= 0.3 is 0 Å². The van der Waals surface area contributed by atoms with E-state index in [4.69, 9.17) is 5.11 Å². The summed E-state index contributed by atoms with van der Waals surface area (Å²) in [5, 5.41) is 16.9. The van der Waals surface area contributed by atoms with Crippen LogP contribution in [-0.4, -0.2) is 20.1 Å². The molecule has 5 heteroatoms. The van der Waals surface area contributed by atoms with E-state index in [2.05, 4.69) is 26.2 Å². The second kappa shape index (κ2) is 4.12. The first kappa shape index (κ1) is 10.3. The van der Waals surface area contributed by atoms with Crippen LogP contribution in [0.1, 0.15) is 5.69 Å². The Hall–Kier alpha value is -1.20. The third-order valence-electron chi connectivity index (χ3n) is 2.14. The van der Waals surface area contributed by atoms with Gasteiger partial charge in [-0.05, 0) is 12.1 Å². The Kier molecular flexibility index (Phi) is 2.83. The average Bonchev–Trinajstić information content (AvgIpc) is 2.59. The number of hydrogen-bond acceptors (Lipinski definition) is 3. The molecular formula is C10H10BrN3O. The fourth-order valence-electron chi connectivity index (χ4n) is 1.50. The summed E-state index contributed by atoms with van der Waals surface area (Å²) < 4.78 is 2.65. The fourth-order valence-corrected chi connectivity index (χ4v) is 1.89. The highest BCUT2D eigenvalue weighted by atomic mass is 79.9. The summed E-state index contributed by atoms with van der Waals surface area (Å²) in [6.07, 6.45) is 0. The number of aromatic nitrogens is 3. The number of aliphatic hydroxyl groups excluding tert-OH is 1. The highest BCUT2D eigenvalue weighted by molar-refractivity contribution is 9.10. The minimum atomic E-state index is -0.102. The predicted octanol–water partition coefficient (Wildman–Crippen LogP) is 1.74. The third-order valence-corrected chi connectivity index (χ3v) is 2.64. The van der Waals surface area contributed by atoms with Crippen LogP contribution < -0.4 is 0 Å². The van der Waals surface area contributed by atoms with Gasteiger partial charge in [0.1, 0.15) is 5.69 Å². The number of benzene rings is 1. The van der Waals surface area contributed by atoms with E-state index < -0.39 is 0 Å². The summed E-state index contributed by atoms with van der Waals surface area (Å²) in [6.45, 7) is -0.102. The molecule has 4 nitrogen and oxygen atoms in total. The lowest BCUT2D eigenvalue weighted by atomic mass is 10.1. The lowest BCUT2D eigenvalue weighted by Gasteiger charge is -2.03. The highest BCUT2D eigenvalue weighted by Gasteiger charge is 2.11. The van der Waals surface area contributed by atoms with Crippen molar-refractivity contribution < 1.29 is 5.11 Å². The molecular weight excluding hydrogens is 258 g/mol. The zero-order valence-corrected chi connectivity index (χ0v) is 9.77. The second-order valence-electron chi connectivity index (χ2n) is 3.18. The predicted molar refractivity (Wildman–Crippen MR) is 60.1 cm³/mol. The Morgan fingerprint density at radius 1 is 1.47 bits per heavy atom. The molecule has 0 amide bonds. The molecule has 0 spiro atoms. The summed E-state index contributed by atoms with van der Waals surface area (Å²) in [6, 6.07) is 7.82. The quantitative estimate of drug-likeness (QED) is 0.902. The second-order valence-corrected chi connectivity index (χ2v) is 4.09. The van der Waals surface area contributed by atoms with Gasteiger partial charge in [0.25, 0.3) is 0 Å². The van der Waals surface area contributed by atoms with Gasteiger partial charge in [0.15, 0.2) is 0 Å². The number of nitrogens with zero attached hydrogens (tertiary/aromatic N) is 3. The van der Waals surface area contributed by atoms with E-state index in [1.807, 2.05) is 31.3 Å². The average molecular weight is 268 g/mol. The maximum atomic E-state index is 9.13. The first-order valence-electron chi connectivity index (χ1n) is 4.47. The smallest absolute Gasteiger partial charge is 0.116 e. The van der Waals surface area contributed by atoms with E-state index in [0.29, 0.717) is 5.69 Å². The zero-order valence-electron chi connectivity index (χ0n) is 8.18. The monoisotopic (exact) mass is 267 g/mol. The van der Waals surface area contributed by atoms with Gasteiger partial charge in [-0.15, -0.1) is 5.10 Å². The van der Waals surface area contributed by atoms with Gasteiger partial charge in [-0.25, -0.2) is 4.68 Å². The van der Waals surface area contributed by atoms with Crippen molar-refractivity contribution in [3.8, 4) is 11.3 Å². The normalized spacial score (nSPS) is 10.6. The lowest BCUT2D eigenvalue weighted by molar-refractivity contribution is 0.277. The van der Waals surface area contributed by atoms with Gasteiger partial charge < -0.3 is 5.11 Å². The molecule has 1 aromatic carbocycles. The summed E-state index contributed by atoms with van der Waals surface area (Å²) in [5.74, 6) is 0. The van der Waals surface area contributed by atoms with E-state index in [-0.39, 0.29) is 6.61 Å². The Morgan fingerprint density at radius 3 is 2.93 bits per heavy atom.